The zero-order valence-corrected chi connectivity index (χ0v) is 20.7. The quantitative estimate of drug-likeness (QED) is 0.375. The summed E-state index contributed by atoms with van der Waals surface area (Å²) >= 11 is 0. The summed E-state index contributed by atoms with van der Waals surface area (Å²) in [6.07, 6.45) is 7.21. The van der Waals surface area contributed by atoms with Crippen molar-refractivity contribution >= 4 is 16.6 Å². The van der Waals surface area contributed by atoms with Gasteiger partial charge < -0.3 is 9.88 Å². The summed E-state index contributed by atoms with van der Waals surface area (Å²) in [6, 6.07) is 9.41. The second-order valence-electron chi connectivity index (χ2n) is 10.5. The number of nitrogens with zero attached hydrogens (tertiary/aromatic N) is 4. The Kier molecular flexibility index (Phi) is 6.00. The summed E-state index contributed by atoms with van der Waals surface area (Å²) in [6.45, 7) is 15.1. The average Bonchev–Trinajstić information content (AvgIpc) is 3.42. The fourth-order valence-corrected chi connectivity index (χ4v) is 5.67. The zero-order valence-electron chi connectivity index (χ0n) is 20.7. The monoisotopic (exact) mass is 443 g/mol. The topological polar surface area (TPSA) is 49.2 Å². The van der Waals surface area contributed by atoms with Gasteiger partial charge in [-0.3, -0.25) is 0 Å². The fourth-order valence-electron chi connectivity index (χ4n) is 5.67. The first-order valence-corrected chi connectivity index (χ1v) is 12.6. The molecule has 33 heavy (non-hydrogen) atoms. The van der Waals surface area contributed by atoms with Crippen molar-refractivity contribution in [3.8, 4) is 11.3 Å². The minimum absolute atomic E-state index is 0.424. The Hall–Kier alpha value is -2.66. The third-order valence-electron chi connectivity index (χ3n) is 7.24. The van der Waals surface area contributed by atoms with E-state index in [0.29, 0.717) is 11.8 Å². The number of nitrogens with one attached hydrogen (secondary N) is 1. The highest BCUT2D eigenvalue weighted by atomic mass is 15.3. The Labute approximate surface area is 197 Å². The Morgan fingerprint density at radius 3 is 2.58 bits per heavy atom. The van der Waals surface area contributed by atoms with Crippen LogP contribution in [0.25, 0.3) is 27.8 Å². The van der Waals surface area contributed by atoms with Gasteiger partial charge in [0.05, 0.1) is 5.69 Å². The minimum atomic E-state index is 0.424. The van der Waals surface area contributed by atoms with Gasteiger partial charge in [-0.1, -0.05) is 40.7 Å². The van der Waals surface area contributed by atoms with Gasteiger partial charge in [0.15, 0.2) is 5.65 Å². The highest BCUT2D eigenvalue weighted by Crippen LogP contribution is 2.38. The lowest BCUT2D eigenvalue weighted by Gasteiger charge is -2.33. The number of likely N-dealkylation sites (tertiary alicyclic amines) is 1. The molecule has 0 radical (unpaired) electrons. The molecule has 4 aromatic rings. The van der Waals surface area contributed by atoms with Gasteiger partial charge in [-0.15, -0.1) is 0 Å². The molecule has 0 aliphatic carbocycles. The average molecular weight is 444 g/mol. The number of aryl methyl sites for hydroxylation is 1. The Bertz CT molecular complexity index is 1250. The molecule has 4 heterocycles. The van der Waals surface area contributed by atoms with E-state index in [1.165, 1.54) is 71.3 Å². The zero-order chi connectivity index (χ0) is 23.1. The van der Waals surface area contributed by atoms with Gasteiger partial charge in [0.2, 0.25) is 0 Å². The molecular formula is C28H37N5. The van der Waals surface area contributed by atoms with Crippen LogP contribution in [-0.4, -0.2) is 44.1 Å². The maximum atomic E-state index is 4.45. The molecule has 1 aliphatic rings. The van der Waals surface area contributed by atoms with Crippen LogP contribution in [0.3, 0.4) is 0 Å². The number of rotatable bonds is 6. The third kappa shape index (κ3) is 4.19. The molecule has 174 valence electrons. The summed E-state index contributed by atoms with van der Waals surface area (Å²) in [7, 11) is 0. The first-order chi connectivity index (χ1) is 15.9. The number of fused-ring (bicyclic) bond motifs is 2. The van der Waals surface area contributed by atoms with Gasteiger partial charge >= 0.3 is 0 Å². The highest BCUT2D eigenvalue weighted by molar-refractivity contribution is 5.92. The molecule has 5 nitrogen and oxygen atoms in total. The van der Waals surface area contributed by atoms with E-state index in [4.69, 9.17) is 0 Å². The predicted octanol–water partition coefficient (Wildman–Crippen LogP) is 6.40. The van der Waals surface area contributed by atoms with E-state index >= 15 is 0 Å². The number of hydrogen-bond donors (Lipinski definition) is 1. The van der Waals surface area contributed by atoms with E-state index in [1.807, 2.05) is 4.52 Å². The standard InChI is InChI=1S/C28H37N5/c1-6-20-13-23(16-33-28(20)29-17-30-33)27-26(19(4)5)24-14-22(7-8-25(24)31-27)21-9-11-32(12-10-21)15-18(2)3/h7-8,13-14,16-19,21,31H,6,9-12,15H2,1-5H3. The SMILES string of the molecule is CCc1cc(-c2[nH]c3ccc(C4CCN(CC(C)C)CC4)cc3c2C(C)C)cn2ncnc12. The van der Waals surface area contributed by atoms with Crippen molar-refractivity contribution in [2.75, 3.05) is 19.6 Å². The molecule has 1 aliphatic heterocycles. The van der Waals surface area contributed by atoms with E-state index in [0.717, 1.165) is 18.0 Å². The van der Waals surface area contributed by atoms with E-state index in [1.54, 1.807) is 6.33 Å². The number of hydrogen-bond acceptors (Lipinski definition) is 3. The maximum Gasteiger partial charge on any atom is 0.158 e. The fraction of sp³-hybridized carbons (Fsp3) is 0.500. The van der Waals surface area contributed by atoms with Crippen molar-refractivity contribution in [3.05, 3.63) is 53.5 Å². The molecule has 5 heteroatoms. The summed E-state index contributed by atoms with van der Waals surface area (Å²) < 4.78 is 1.92. The predicted molar refractivity (Wildman–Crippen MR) is 137 cm³/mol. The lowest BCUT2D eigenvalue weighted by molar-refractivity contribution is 0.192. The van der Waals surface area contributed by atoms with Crippen molar-refractivity contribution in [2.45, 2.75) is 65.7 Å². The van der Waals surface area contributed by atoms with E-state index in [-0.39, 0.29) is 0 Å². The molecular weight excluding hydrogens is 406 g/mol. The Balaban J connectivity index is 1.53. The number of pyridine rings is 1. The highest BCUT2D eigenvalue weighted by Gasteiger charge is 2.23. The van der Waals surface area contributed by atoms with E-state index in [9.17, 15) is 0 Å². The van der Waals surface area contributed by atoms with Crippen LogP contribution < -0.4 is 0 Å². The van der Waals surface area contributed by atoms with Crippen molar-refractivity contribution in [3.63, 3.8) is 0 Å². The van der Waals surface area contributed by atoms with Crippen LogP contribution in [0.1, 0.15) is 76.0 Å². The molecule has 0 unspecified atom stereocenters. The van der Waals surface area contributed by atoms with E-state index < -0.39 is 0 Å². The molecule has 1 N–H and O–H groups in total. The van der Waals surface area contributed by atoms with Gasteiger partial charge in [0.1, 0.15) is 6.33 Å². The summed E-state index contributed by atoms with van der Waals surface area (Å²) in [5, 5.41) is 5.80. The molecule has 0 atom stereocenters. The van der Waals surface area contributed by atoms with Gasteiger partial charge in [-0.25, -0.2) is 9.50 Å². The molecule has 0 spiro atoms. The summed E-state index contributed by atoms with van der Waals surface area (Å²) in [5.74, 6) is 1.83. The second kappa shape index (κ2) is 8.94. The first-order valence-electron chi connectivity index (χ1n) is 12.6. The first kappa shape index (κ1) is 22.1. The number of aromatic amines is 1. The van der Waals surface area contributed by atoms with Crippen LogP contribution >= 0.6 is 0 Å². The van der Waals surface area contributed by atoms with Crippen molar-refractivity contribution < 1.29 is 0 Å². The molecule has 1 aromatic carbocycles. The third-order valence-corrected chi connectivity index (χ3v) is 7.24. The van der Waals surface area contributed by atoms with Crippen LogP contribution in [0.4, 0.5) is 0 Å². The maximum absolute atomic E-state index is 4.45. The normalized spacial score (nSPS) is 16.1. The van der Waals surface area contributed by atoms with Gasteiger partial charge in [0.25, 0.3) is 0 Å². The van der Waals surface area contributed by atoms with Crippen LogP contribution in [0.5, 0.6) is 0 Å². The number of aromatic nitrogens is 4. The Morgan fingerprint density at radius 2 is 1.88 bits per heavy atom. The van der Waals surface area contributed by atoms with Crippen LogP contribution in [0, 0.1) is 5.92 Å². The van der Waals surface area contributed by atoms with E-state index in [2.05, 4.69) is 85.0 Å². The molecule has 1 saturated heterocycles. The molecule has 0 saturated carbocycles. The molecule has 0 bridgehead atoms. The molecule has 0 amide bonds. The summed E-state index contributed by atoms with van der Waals surface area (Å²) in [5.41, 5.74) is 8.73. The Morgan fingerprint density at radius 1 is 1.09 bits per heavy atom. The molecule has 5 rings (SSSR count). The molecule has 3 aromatic heterocycles. The molecule has 1 fully saturated rings. The van der Waals surface area contributed by atoms with Crippen LogP contribution in [0.15, 0.2) is 36.8 Å². The summed E-state index contributed by atoms with van der Waals surface area (Å²) in [4.78, 5) is 10.8. The minimum Gasteiger partial charge on any atom is -0.354 e. The smallest absolute Gasteiger partial charge is 0.158 e. The van der Waals surface area contributed by atoms with Gasteiger partial charge in [-0.05, 0) is 85.0 Å². The van der Waals surface area contributed by atoms with Crippen LogP contribution in [-0.2, 0) is 6.42 Å². The second-order valence-corrected chi connectivity index (χ2v) is 10.5. The largest absolute Gasteiger partial charge is 0.354 e. The number of benzene rings is 1. The lowest BCUT2D eigenvalue weighted by Crippen LogP contribution is -2.35. The van der Waals surface area contributed by atoms with Crippen molar-refractivity contribution in [2.24, 2.45) is 5.92 Å². The van der Waals surface area contributed by atoms with Crippen molar-refractivity contribution in [1.29, 1.82) is 0 Å². The van der Waals surface area contributed by atoms with Crippen molar-refractivity contribution in [1.82, 2.24) is 24.5 Å². The van der Waals surface area contributed by atoms with Crippen LogP contribution in [0.2, 0.25) is 0 Å². The number of H-pyrrole nitrogens is 1. The van der Waals surface area contributed by atoms with Gasteiger partial charge in [0, 0.05) is 29.2 Å². The number of piperidine rings is 1. The van der Waals surface area contributed by atoms with Gasteiger partial charge in [-0.2, -0.15) is 5.10 Å². The lowest BCUT2D eigenvalue weighted by atomic mass is 9.87.